The quantitative estimate of drug-likeness (QED) is 0.469. The maximum Gasteiger partial charge on any atom is 0.319 e. The highest BCUT2D eigenvalue weighted by molar-refractivity contribution is 14.1. The number of amides is 2. The molecule has 4 nitrogen and oxygen atoms in total. The smallest absolute Gasteiger partial charge is 0.319 e. The summed E-state index contributed by atoms with van der Waals surface area (Å²) in [6.07, 6.45) is 0.751. The second kappa shape index (κ2) is 9.08. The van der Waals surface area contributed by atoms with Gasteiger partial charge in [-0.15, -0.1) is 0 Å². The minimum Gasteiger partial charge on any atom is -0.494 e. The van der Waals surface area contributed by atoms with Crippen molar-refractivity contribution >= 4 is 34.3 Å². The summed E-state index contributed by atoms with van der Waals surface area (Å²) in [5, 5.41) is 5.63. The van der Waals surface area contributed by atoms with Gasteiger partial charge >= 0.3 is 6.03 Å². The van der Waals surface area contributed by atoms with Crippen LogP contribution >= 0.6 is 22.6 Å². The van der Waals surface area contributed by atoms with Crippen molar-refractivity contribution < 1.29 is 9.53 Å². The molecule has 2 aromatic carbocycles. The lowest BCUT2D eigenvalue weighted by atomic mass is 9.87. The average Bonchev–Trinajstić information content (AvgIpc) is 2.56. The molecule has 0 aliphatic heterocycles. The molecule has 134 valence electrons. The van der Waals surface area contributed by atoms with Crippen LogP contribution in [-0.4, -0.2) is 19.2 Å². The van der Waals surface area contributed by atoms with E-state index in [1.165, 1.54) is 5.56 Å². The van der Waals surface area contributed by atoms with Gasteiger partial charge in [-0.1, -0.05) is 32.9 Å². The molecule has 2 rings (SSSR count). The van der Waals surface area contributed by atoms with Gasteiger partial charge < -0.3 is 15.4 Å². The maximum atomic E-state index is 11.8. The summed E-state index contributed by atoms with van der Waals surface area (Å²) in [4.78, 5) is 11.8. The van der Waals surface area contributed by atoms with Gasteiger partial charge in [-0.25, -0.2) is 4.79 Å². The van der Waals surface area contributed by atoms with E-state index < -0.39 is 0 Å². The molecule has 2 aromatic rings. The molecule has 0 saturated heterocycles. The van der Waals surface area contributed by atoms with Crippen molar-refractivity contribution in [3.63, 3.8) is 0 Å². The van der Waals surface area contributed by atoms with Crippen LogP contribution in [0.1, 0.15) is 32.8 Å². The molecular weight excluding hydrogens is 427 g/mol. The van der Waals surface area contributed by atoms with Crippen LogP contribution in [0.25, 0.3) is 0 Å². The van der Waals surface area contributed by atoms with Gasteiger partial charge in [0.1, 0.15) is 5.75 Å². The Labute approximate surface area is 163 Å². The fraction of sp³-hybridized carbons (Fsp3) is 0.350. The van der Waals surface area contributed by atoms with Gasteiger partial charge in [0.2, 0.25) is 0 Å². The Hall–Kier alpha value is -1.76. The van der Waals surface area contributed by atoms with Gasteiger partial charge in [-0.2, -0.15) is 0 Å². The molecule has 0 aromatic heterocycles. The number of rotatable bonds is 6. The van der Waals surface area contributed by atoms with Crippen LogP contribution in [0.2, 0.25) is 0 Å². The first-order valence-electron chi connectivity index (χ1n) is 8.38. The molecule has 0 radical (unpaired) electrons. The third-order valence-electron chi connectivity index (χ3n) is 3.70. The minimum atomic E-state index is -0.198. The normalized spacial score (nSPS) is 11.0. The molecule has 0 aliphatic carbocycles. The first-order valence-corrected chi connectivity index (χ1v) is 9.46. The summed E-state index contributed by atoms with van der Waals surface area (Å²) in [6.45, 7) is 7.70. The molecule has 0 saturated carbocycles. The highest BCUT2D eigenvalue weighted by Crippen LogP contribution is 2.24. The zero-order chi connectivity index (χ0) is 18.3. The van der Waals surface area contributed by atoms with E-state index in [1.807, 2.05) is 36.4 Å². The zero-order valence-corrected chi connectivity index (χ0v) is 17.1. The van der Waals surface area contributed by atoms with Gasteiger partial charge in [-0.05, 0) is 76.4 Å². The second-order valence-corrected chi connectivity index (χ2v) is 8.11. The number of carbonyl (C=O) groups excluding carboxylic acids is 1. The molecule has 25 heavy (non-hydrogen) atoms. The van der Waals surface area contributed by atoms with Crippen molar-refractivity contribution in [2.45, 2.75) is 32.6 Å². The van der Waals surface area contributed by atoms with Crippen LogP contribution < -0.4 is 15.4 Å². The molecule has 0 atom stereocenters. The highest BCUT2D eigenvalue weighted by Gasteiger charge is 2.12. The lowest BCUT2D eigenvalue weighted by molar-refractivity contribution is 0.250. The van der Waals surface area contributed by atoms with Crippen molar-refractivity contribution in [2.24, 2.45) is 0 Å². The third kappa shape index (κ3) is 6.94. The van der Waals surface area contributed by atoms with Crippen LogP contribution in [0.3, 0.4) is 0 Å². The molecule has 0 unspecified atom stereocenters. The van der Waals surface area contributed by atoms with E-state index in [1.54, 1.807) is 0 Å². The topological polar surface area (TPSA) is 50.4 Å². The number of hydrogen-bond donors (Lipinski definition) is 2. The van der Waals surface area contributed by atoms with Crippen molar-refractivity contribution in [3.05, 3.63) is 57.7 Å². The summed E-state index contributed by atoms with van der Waals surface area (Å²) in [5.74, 6) is 0.858. The Bertz CT molecular complexity index is 676. The molecule has 2 N–H and O–H groups in total. The predicted octanol–water partition coefficient (Wildman–Crippen LogP) is 5.18. The van der Waals surface area contributed by atoms with Gasteiger partial charge in [-0.3, -0.25) is 0 Å². The Morgan fingerprint density at radius 3 is 2.28 bits per heavy atom. The maximum absolute atomic E-state index is 11.8. The van der Waals surface area contributed by atoms with Gasteiger partial charge in [0.05, 0.1) is 6.61 Å². The molecule has 2 amide bonds. The largest absolute Gasteiger partial charge is 0.494 e. The monoisotopic (exact) mass is 452 g/mol. The minimum absolute atomic E-state index is 0.146. The van der Waals surface area contributed by atoms with Crippen LogP contribution in [-0.2, 0) is 5.41 Å². The van der Waals surface area contributed by atoms with Crippen molar-refractivity contribution in [1.82, 2.24) is 5.32 Å². The lowest BCUT2D eigenvalue weighted by Crippen LogP contribution is -2.30. The van der Waals surface area contributed by atoms with Gasteiger partial charge in [0, 0.05) is 15.8 Å². The Morgan fingerprint density at radius 1 is 1.04 bits per heavy atom. The summed E-state index contributed by atoms with van der Waals surface area (Å²) in [7, 11) is 0. The summed E-state index contributed by atoms with van der Waals surface area (Å²) in [5.41, 5.74) is 2.22. The molecule has 0 spiro atoms. The zero-order valence-electron chi connectivity index (χ0n) is 14.9. The molecule has 0 aliphatic rings. The number of ether oxygens (including phenoxy) is 1. The highest BCUT2D eigenvalue weighted by atomic mass is 127. The number of halogens is 1. The molecule has 0 heterocycles. The number of carbonyl (C=O) groups is 1. The van der Waals surface area contributed by atoms with E-state index in [0.717, 1.165) is 21.4 Å². The predicted molar refractivity (Wildman–Crippen MR) is 111 cm³/mol. The number of hydrogen-bond acceptors (Lipinski definition) is 2. The van der Waals surface area contributed by atoms with Crippen LogP contribution in [0.15, 0.2) is 48.5 Å². The number of benzene rings is 2. The van der Waals surface area contributed by atoms with E-state index in [-0.39, 0.29) is 11.4 Å². The number of urea groups is 1. The summed E-state index contributed by atoms with van der Waals surface area (Å²) in [6, 6.07) is 15.7. The fourth-order valence-corrected chi connectivity index (χ4v) is 2.58. The first kappa shape index (κ1) is 19.6. The average molecular weight is 452 g/mol. The standard InChI is InChI=1S/C20H25IN2O2/c1-20(2,3)15-5-11-18(12-6-15)25-14-4-13-22-19(24)23-17-9-7-16(21)8-10-17/h5-12H,4,13-14H2,1-3H3,(H2,22,23,24). The van der Waals surface area contributed by atoms with Crippen LogP contribution in [0.4, 0.5) is 10.5 Å². The number of nitrogens with one attached hydrogen (secondary N) is 2. The molecule has 0 bridgehead atoms. The molecular formula is C20H25IN2O2. The van der Waals surface area contributed by atoms with E-state index in [0.29, 0.717) is 13.2 Å². The SMILES string of the molecule is CC(C)(C)c1ccc(OCCCNC(=O)Nc2ccc(I)cc2)cc1. The Balaban J connectivity index is 1.64. The van der Waals surface area contributed by atoms with Crippen molar-refractivity contribution in [3.8, 4) is 5.75 Å². The summed E-state index contributed by atoms with van der Waals surface area (Å²) < 4.78 is 6.85. The van der Waals surface area contributed by atoms with E-state index in [4.69, 9.17) is 4.74 Å². The Kier molecular flexibility index (Phi) is 7.11. The second-order valence-electron chi connectivity index (χ2n) is 6.86. The van der Waals surface area contributed by atoms with Crippen LogP contribution in [0, 0.1) is 3.57 Å². The van der Waals surface area contributed by atoms with Crippen molar-refractivity contribution in [2.75, 3.05) is 18.5 Å². The van der Waals surface area contributed by atoms with Crippen LogP contribution in [0.5, 0.6) is 5.75 Å². The van der Waals surface area contributed by atoms with E-state index in [2.05, 4.69) is 66.1 Å². The fourth-order valence-electron chi connectivity index (χ4n) is 2.22. The van der Waals surface area contributed by atoms with Gasteiger partial charge in [0.25, 0.3) is 0 Å². The first-order chi connectivity index (χ1) is 11.8. The van der Waals surface area contributed by atoms with E-state index in [9.17, 15) is 4.79 Å². The number of anilines is 1. The lowest BCUT2D eigenvalue weighted by Gasteiger charge is -2.19. The molecule has 5 heteroatoms. The molecule has 0 fully saturated rings. The Morgan fingerprint density at radius 2 is 1.68 bits per heavy atom. The third-order valence-corrected chi connectivity index (χ3v) is 4.42. The summed E-state index contributed by atoms with van der Waals surface area (Å²) >= 11 is 2.23. The van der Waals surface area contributed by atoms with Crippen molar-refractivity contribution in [1.29, 1.82) is 0 Å². The van der Waals surface area contributed by atoms with Gasteiger partial charge in [0.15, 0.2) is 0 Å². The van der Waals surface area contributed by atoms with E-state index >= 15 is 0 Å².